The zero-order valence-corrected chi connectivity index (χ0v) is 48.4. The average Bonchev–Trinajstić information content (AvgIpc) is 3.98. The number of piperazine rings is 1. The number of nitrogens with zero attached hydrogens (tertiary/aromatic N) is 7. The Bertz CT molecular complexity index is 2780. The van der Waals surface area contributed by atoms with Crippen LogP contribution in [0.25, 0.3) is 17.3 Å². The van der Waals surface area contributed by atoms with Crippen molar-refractivity contribution in [3.8, 4) is 5.69 Å². The fraction of sp³-hybridized carbons (Fsp3) is 0.492. The normalized spacial score (nSPS) is 19.3. The molecule has 0 radical (unpaired) electrons. The van der Waals surface area contributed by atoms with Gasteiger partial charge in [-0.2, -0.15) is 6.42 Å². The number of fused-ring (bicyclic) bond motifs is 2. The molecule has 1 spiro atoms. The number of carbonyl (C=O) groups is 3. The molecule has 6 heterocycles. The van der Waals surface area contributed by atoms with E-state index in [-0.39, 0.29) is 87.0 Å². The van der Waals surface area contributed by atoms with Crippen LogP contribution >= 0.6 is 0 Å². The van der Waals surface area contributed by atoms with Crippen molar-refractivity contribution in [2.75, 3.05) is 76.2 Å². The maximum Gasteiger partial charge on any atom is 1.00 e. The van der Waals surface area contributed by atoms with Gasteiger partial charge in [0.15, 0.2) is 0 Å². The van der Waals surface area contributed by atoms with Crippen LogP contribution in [0.3, 0.4) is 0 Å². The summed E-state index contributed by atoms with van der Waals surface area (Å²) in [6.07, 6.45) is 14.1. The number of piperidine rings is 1. The molecule has 3 fully saturated rings. The number of halogens is 1. The number of primary amides is 1. The first-order chi connectivity index (χ1) is 35.2. The fourth-order valence-corrected chi connectivity index (χ4v) is 12.1. The van der Waals surface area contributed by atoms with E-state index in [2.05, 4.69) is 70.1 Å². The van der Waals surface area contributed by atoms with Gasteiger partial charge in [0.1, 0.15) is 5.82 Å². The van der Waals surface area contributed by atoms with Gasteiger partial charge in [-0.3, -0.25) is 38.5 Å². The molecule has 2 unspecified atom stereocenters. The molecule has 74 heavy (non-hydrogen) atoms. The summed E-state index contributed by atoms with van der Waals surface area (Å²) in [4.78, 5) is 68.7. The number of pyridine rings is 2. The zero-order valence-electron chi connectivity index (χ0n) is 45.3. The molecule has 3 N–H and O–H groups in total. The van der Waals surface area contributed by atoms with E-state index in [0.717, 1.165) is 135 Å². The van der Waals surface area contributed by atoms with Gasteiger partial charge in [-0.1, -0.05) is 56.5 Å². The number of likely N-dealkylation sites (tertiary alicyclic amines) is 1. The van der Waals surface area contributed by atoms with Gasteiger partial charge in [-0.15, -0.1) is 0 Å². The molecule has 2 atom stereocenters. The van der Waals surface area contributed by atoms with Gasteiger partial charge < -0.3 is 32.7 Å². The minimum Gasteiger partial charge on any atom is -0.388 e. The first-order valence-electron chi connectivity index (χ1n) is 26.8. The van der Waals surface area contributed by atoms with Crippen LogP contribution in [0.15, 0.2) is 77.4 Å². The Balaban J connectivity index is 0.00000263. The molecule has 390 valence electrons. The van der Waals surface area contributed by atoms with Crippen molar-refractivity contribution in [2.45, 2.75) is 117 Å². The second kappa shape index (κ2) is 25.2. The average molecular weight is 1030 g/mol. The summed E-state index contributed by atoms with van der Waals surface area (Å²) >= 11 is 0. The van der Waals surface area contributed by atoms with Crippen LogP contribution in [-0.2, 0) is 21.5 Å². The Morgan fingerprint density at radius 1 is 0.946 bits per heavy atom. The smallest absolute Gasteiger partial charge is 0.388 e. The minimum atomic E-state index is -0.738. The molecule has 15 heteroatoms. The van der Waals surface area contributed by atoms with Crippen molar-refractivity contribution >= 4 is 40.7 Å². The molecule has 1 aliphatic carbocycles. The van der Waals surface area contributed by atoms with Gasteiger partial charge >= 0.3 is 51.4 Å². The maximum atomic E-state index is 16.1. The molecule has 0 bridgehead atoms. The van der Waals surface area contributed by atoms with E-state index >= 15 is 4.39 Å². The standard InChI is InChI=1S/C57H71FN9O4.C2H6.K/c1-7-49(54(59)69)67-51-11-10-42(32-47(51)57(56(67)71)18-8-9-19-57)36-63-28-26-62(27-29-63)35-41-13-21-65(22-14-41)55(70)44-30-38(3)53(48(58)33-44)43-15-23-64(24-16-43)40(5)37(2)31-46-39(4)61-20-12-50(46)66-25-17-45(60-6)34-52(66)68;1-2;/h10-12,15,17,20,25,30-34,40-41,49,60H,1,7-9,13-14,16,18-19,21-24,26-29,35-36H2,2-6H3,(H2,59,69);1-2H3;/q-1;;+1/b37-31+;;. The number of aryl methyl sites for hydroxylation is 2. The Labute approximate surface area is 481 Å². The van der Waals surface area contributed by atoms with E-state index in [4.69, 9.17) is 5.73 Å². The summed E-state index contributed by atoms with van der Waals surface area (Å²) in [6.45, 7) is 24.5. The number of hydrogen-bond donors (Lipinski definition) is 2. The quantitative estimate of drug-likeness (QED) is 0.123. The summed E-state index contributed by atoms with van der Waals surface area (Å²) in [5, 5.41) is 3.02. The van der Waals surface area contributed by atoms with Crippen LogP contribution in [0, 0.1) is 32.5 Å². The summed E-state index contributed by atoms with van der Waals surface area (Å²) in [6, 6.07) is 14.3. The summed E-state index contributed by atoms with van der Waals surface area (Å²) in [5.74, 6) is -0.458. The minimum absolute atomic E-state index is 0. The van der Waals surface area contributed by atoms with E-state index in [1.54, 1.807) is 35.0 Å². The van der Waals surface area contributed by atoms with Crippen LogP contribution < -0.4 is 72.9 Å². The maximum absolute atomic E-state index is 16.1. The molecular weight excluding hydrogens is 957 g/mol. The molecule has 4 aliphatic heterocycles. The zero-order chi connectivity index (χ0) is 52.1. The van der Waals surface area contributed by atoms with E-state index in [1.807, 2.05) is 56.9 Å². The van der Waals surface area contributed by atoms with E-state index < -0.39 is 17.4 Å². The number of benzene rings is 2. The number of carbonyl (C=O) groups excluding carboxylic acids is 3. The van der Waals surface area contributed by atoms with Crippen LogP contribution in [0.1, 0.15) is 123 Å². The van der Waals surface area contributed by atoms with Gasteiger partial charge in [0, 0.05) is 131 Å². The van der Waals surface area contributed by atoms with E-state index in [1.165, 1.54) is 11.6 Å². The summed E-state index contributed by atoms with van der Waals surface area (Å²) in [5.41, 5.74) is 15.3. The predicted octanol–water partition coefficient (Wildman–Crippen LogP) is 5.55. The van der Waals surface area contributed by atoms with Crippen molar-refractivity contribution in [1.82, 2.24) is 29.2 Å². The number of rotatable bonds is 14. The number of aromatic nitrogens is 2. The van der Waals surface area contributed by atoms with Gasteiger partial charge in [-0.05, 0) is 118 Å². The summed E-state index contributed by atoms with van der Waals surface area (Å²) < 4.78 is 17.8. The van der Waals surface area contributed by atoms with Crippen molar-refractivity contribution in [2.24, 2.45) is 11.7 Å². The van der Waals surface area contributed by atoms with E-state index in [0.29, 0.717) is 43.1 Å². The number of nitrogens with one attached hydrogen (secondary N) is 1. The van der Waals surface area contributed by atoms with Gasteiger partial charge in [0.25, 0.3) is 11.5 Å². The third-order valence-corrected chi connectivity index (χ3v) is 16.4. The topological polar surface area (TPSA) is 140 Å². The van der Waals surface area contributed by atoms with Crippen LogP contribution in [-0.4, -0.2) is 125 Å². The molecule has 5 aliphatic rings. The Morgan fingerprint density at radius 3 is 2.27 bits per heavy atom. The molecular formula is C59H77FKN9O4. The molecule has 2 aromatic heterocycles. The number of hydrogen-bond acceptors (Lipinski definition) is 9. The third kappa shape index (κ3) is 11.9. The molecule has 4 aromatic rings. The number of nitrogens with two attached hydrogens (primary N) is 1. The molecule has 13 nitrogen and oxygen atoms in total. The Kier molecular flexibility index (Phi) is 19.6. The SMILES string of the molecule is CC.[CH2-]CC(C(N)=O)N1C(=O)C2(CCCC2)c2cc(CN3CCN(CC4CCN(C(=O)c5cc(C)c(C6=CCN(C(C)/C(C)=C/c7c(-n8ccc(NC)cc8=O)ccnc7C)CC6)c(F)c5)CC4)CC3)ccc21.[K+]. The molecule has 2 saturated heterocycles. The van der Waals surface area contributed by atoms with Crippen LogP contribution in [0.2, 0.25) is 0 Å². The van der Waals surface area contributed by atoms with Gasteiger partial charge in [0.2, 0.25) is 11.8 Å². The number of anilines is 2. The fourth-order valence-electron chi connectivity index (χ4n) is 12.1. The van der Waals surface area contributed by atoms with Crippen molar-refractivity contribution < 1.29 is 70.2 Å². The largest absolute Gasteiger partial charge is 1.00 e. The second-order valence-electron chi connectivity index (χ2n) is 20.7. The first-order valence-corrected chi connectivity index (χ1v) is 26.8. The monoisotopic (exact) mass is 1030 g/mol. The molecule has 1 saturated carbocycles. The first kappa shape index (κ1) is 57.4. The van der Waals surface area contributed by atoms with Gasteiger partial charge in [0.05, 0.1) is 17.1 Å². The van der Waals surface area contributed by atoms with Crippen molar-refractivity contribution in [3.63, 3.8) is 0 Å². The Hall–Kier alpha value is -4.32. The molecule has 2 aromatic carbocycles. The molecule has 3 amide bonds. The predicted molar refractivity (Wildman–Crippen MR) is 291 cm³/mol. The van der Waals surface area contributed by atoms with Gasteiger partial charge in [-0.25, -0.2) is 4.39 Å². The third-order valence-electron chi connectivity index (χ3n) is 16.4. The summed E-state index contributed by atoms with van der Waals surface area (Å²) in [7, 11) is 1.79. The van der Waals surface area contributed by atoms with Crippen LogP contribution in [0.4, 0.5) is 15.8 Å². The van der Waals surface area contributed by atoms with Crippen molar-refractivity contribution in [3.05, 3.63) is 135 Å². The van der Waals surface area contributed by atoms with E-state index in [9.17, 15) is 19.2 Å². The van der Waals surface area contributed by atoms with Crippen LogP contribution in [0.5, 0.6) is 0 Å². The van der Waals surface area contributed by atoms with Crippen molar-refractivity contribution in [1.29, 1.82) is 0 Å². The Morgan fingerprint density at radius 2 is 1.65 bits per heavy atom. The second-order valence-corrected chi connectivity index (χ2v) is 20.7. The number of amides is 3. The molecule has 9 rings (SSSR count).